The van der Waals surface area contributed by atoms with Crippen LogP contribution in [0.15, 0.2) is 29.6 Å². The number of thiazole rings is 1. The van der Waals surface area contributed by atoms with Gasteiger partial charge in [0, 0.05) is 23.2 Å². The zero-order chi connectivity index (χ0) is 14.7. The molecule has 21 heavy (non-hydrogen) atoms. The third-order valence-corrected chi connectivity index (χ3v) is 4.49. The molecule has 1 aliphatic heterocycles. The van der Waals surface area contributed by atoms with E-state index in [1.807, 2.05) is 36.6 Å². The van der Waals surface area contributed by atoms with Crippen molar-refractivity contribution in [2.75, 3.05) is 18.4 Å². The number of hydrogen-bond donors (Lipinski definition) is 2. The van der Waals surface area contributed by atoms with Gasteiger partial charge in [-0.2, -0.15) is 0 Å². The predicted molar refractivity (Wildman–Crippen MR) is 86.5 cm³/mol. The van der Waals surface area contributed by atoms with E-state index < -0.39 is 0 Å². The van der Waals surface area contributed by atoms with Crippen LogP contribution in [0.2, 0.25) is 0 Å². The van der Waals surface area contributed by atoms with Crippen LogP contribution in [-0.2, 0) is 4.79 Å². The Bertz CT molecular complexity index is 632. The molecule has 2 N–H and O–H groups in total. The molecule has 110 valence electrons. The van der Waals surface area contributed by atoms with Gasteiger partial charge in [-0.1, -0.05) is 12.1 Å². The molecule has 0 aliphatic carbocycles. The second kappa shape index (κ2) is 6.37. The van der Waals surface area contributed by atoms with Crippen molar-refractivity contribution in [3.05, 3.63) is 34.7 Å². The van der Waals surface area contributed by atoms with Crippen LogP contribution >= 0.6 is 11.3 Å². The number of carbonyl (C=O) groups is 1. The van der Waals surface area contributed by atoms with Crippen LogP contribution in [0.5, 0.6) is 0 Å². The maximum absolute atomic E-state index is 12.3. The molecule has 1 aromatic carbocycles. The normalized spacial score (nSPS) is 18.4. The molecule has 0 bridgehead atoms. The fraction of sp³-hybridized carbons (Fsp3) is 0.375. The van der Waals surface area contributed by atoms with Gasteiger partial charge in [-0.25, -0.2) is 4.98 Å². The van der Waals surface area contributed by atoms with E-state index in [2.05, 4.69) is 15.6 Å². The molecule has 0 radical (unpaired) electrons. The standard InChI is InChI=1S/C16H19N3OS/c1-11-18-15(10-21-11)12-4-2-6-14(8-12)19-16(20)13-5-3-7-17-9-13/h2,4,6,8,10,13,17H,3,5,7,9H2,1H3,(H,19,20)/t13-/m0/s1. The lowest BCUT2D eigenvalue weighted by Gasteiger charge is -2.22. The molecule has 1 amide bonds. The minimum atomic E-state index is 0.0731. The Kier molecular flexibility index (Phi) is 4.31. The van der Waals surface area contributed by atoms with Crippen LogP contribution in [0.1, 0.15) is 17.8 Å². The number of benzene rings is 1. The summed E-state index contributed by atoms with van der Waals surface area (Å²) in [5.41, 5.74) is 2.85. The molecule has 5 heteroatoms. The van der Waals surface area contributed by atoms with Gasteiger partial charge in [-0.15, -0.1) is 11.3 Å². The monoisotopic (exact) mass is 301 g/mol. The van der Waals surface area contributed by atoms with E-state index in [0.717, 1.165) is 47.9 Å². The highest BCUT2D eigenvalue weighted by Crippen LogP contribution is 2.24. The zero-order valence-corrected chi connectivity index (χ0v) is 12.9. The highest BCUT2D eigenvalue weighted by atomic mass is 32.1. The molecule has 0 unspecified atom stereocenters. The lowest BCUT2D eigenvalue weighted by Crippen LogP contribution is -2.37. The first-order valence-corrected chi connectivity index (χ1v) is 8.14. The molecule has 0 saturated carbocycles. The summed E-state index contributed by atoms with van der Waals surface area (Å²) in [6, 6.07) is 7.89. The third kappa shape index (κ3) is 3.49. The molecule has 1 aliphatic rings. The molecule has 2 aromatic rings. The molecule has 0 spiro atoms. The molecule has 1 saturated heterocycles. The van der Waals surface area contributed by atoms with Crippen molar-refractivity contribution >= 4 is 22.9 Å². The van der Waals surface area contributed by atoms with Gasteiger partial charge in [-0.3, -0.25) is 4.79 Å². The van der Waals surface area contributed by atoms with E-state index in [-0.39, 0.29) is 11.8 Å². The van der Waals surface area contributed by atoms with Crippen molar-refractivity contribution < 1.29 is 4.79 Å². The molecular weight excluding hydrogens is 282 g/mol. The Hall–Kier alpha value is -1.72. The number of amides is 1. The number of nitrogens with zero attached hydrogens (tertiary/aromatic N) is 1. The van der Waals surface area contributed by atoms with Gasteiger partial charge >= 0.3 is 0 Å². The first-order valence-electron chi connectivity index (χ1n) is 7.26. The number of carbonyl (C=O) groups excluding carboxylic acids is 1. The molecule has 2 heterocycles. The van der Waals surface area contributed by atoms with Crippen LogP contribution in [0.25, 0.3) is 11.3 Å². The number of anilines is 1. The largest absolute Gasteiger partial charge is 0.326 e. The smallest absolute Gasteiger partial charge is 0.228 e. The maximum Gasteiger partial charge on any atom is 0.228 e. The lowest BCUT2D eigenvalue weighted by atomic mass is 9.98. The second-order valence-electron chi connectivity index (χ2n) is 5.37. The number of aromatic nitrogens is 1. The summed E-state index contributed by atoms with van der Waals surface area (Å²) in [5, 5.41) is 9.39. The summed E-state index contributed by atoms with van der Waals surface area (Å²) in [4.78, 5) is 16.7. The summed E-state index contributed by atoms with van der Waals surface area (Å²) in [6.45, 7) is 3.79. The molecule has 1 fully saturated rings. The number of hydrogen-bond acceptors (Lipinski definition) is 4. The predicted octanol–water partition coefficient (Wildman–Crippen LogP) is 3.06. The minimum absolute atomic E-state index is 0.0731. The zero-order valence-electron chi connectivity index (χ0n) is 12.1. The van der Waals surface area contributed by atoms with Crippen molar-refractivity contribution in [1.29, 1.82) is 0 Å². The van der Waals surface area contributed by atoms with Crippen molar-refractivity contribution in [1.82, 2.24) is 10.3 Å². The quantitative estimate of drug-likeness (QED) is 0.916. The molecule has 1 atom stereocenters. The van der Waals surface area contributed by atoms with Crippen molar-refractivity contribution in [2.45, 2.75) is 19.8 Å². The Morgan fingerprint density at radius 1 is 1.48 bits per heavy atom. The van der Waals surface area contributed by atoms with Gasteiger partial charge in [0.2, 0.25) is 5.91 Å². The van der Waals surface area contributed by atoms with Gasteiger partial charge in [0.1, 0.15) is 0 Å². The van der Waals surface area contributed by atoms with Crippen LogP contribution in [-0.4, -0.2) is 24.0 Å². The van der Waals surface area contributed by atoms with Gasteiger partial charge < -0.3 is 10.6 Å². The molecule has 4 nitrogen and oxygen atoms in total. The first kappa shape index (κ1) is 14.2. The molecule has 1 aromatic heterocycles. The third-order valence-electron chi connectivity index (χ3n) is 3.71. The summed E-state index contributed by atoms with van der Waals surface area (Å²) < 4.78 is 0. The van der Waals surface area contributed by atoms with E-state index >= 15 is 0 Å². The lowest BCUT2D eigenvalue weighted by molar-refractivity contribution is -0.120. The Morgan fingerprint density at radius 3 is 3.10 bits per heavy atom. The van der Waals surface area contributed by atoms with Crippen molar-refractivity contribution in [3.8, 4) is 11.3 Å². The Balaban J connectivity index is 1.72. The van der Waals surface area contributed by atoms with Crippen LogP contribution in [0, 0.1) is 12.8 Å². The highest BCUT2D eigenvalue weighted by Gasteiger charge is 2.20. The van der Waals surface area contributed by atoms with Gasteiger partial charge in [0.05, 0.1) is 16.6 Å². The molecule has 3 rings (SSSR count). The fourth-order valence-corrected chi connectivity index (χ4v) is 3.19. The number of aryl methyl sites for hydroxylation is 1. The van der Waals surface area contributed by atoms with Gasteiger partial charge in [-0.05, 0) is 38.4 Å². The summed E-state index contributed by atoms with van der Waals surface area (Å²) in [6.07, 6.45) is 2.03. The van der Waals surface area contributed by atoms with Gasteiger partial charge in [0.15, 0.2) is 0 Å². The number of nitrogens with one attached hydrogen (secondary N) is 2. The Morgan fingerprint density at radius 2 is 2.38 bits per heavy atom. The van der Waals surface area contributed by atoms with Gasteiger partial charge in [0.25, 0.3) is 0 Å². The van der Waals surface area contributed by atoms with Crippen molar-refractivity contribution in [2.24, 2.45) is 5.92 Å². The van der Waals surface area contributed by atoms with Crippen LogP contribution < -0.4 is 10.6 Å². The first-order chi connectivity index (χ1) is 10.2. The number of rotatable bonds is 3. The van der Waals surface area contributed by atoms with Crippen molar-refractivity contribution in [3.63, 3.8) is 0 Å². The highest BCUT2D eigenvalue weighted by molar-refractivity contribution is 7.09. The summed E-state index contributed by atoms with van der Waals surface area (Å²) in [7, 11) is 0. The van der Waals surface area contributed by atoms with E-state index in [1.165, 1.54) is 0 Å². The average molecular weight is 301 g/mol. The van der Waals surface area contributed by atoms with Crippen LogP contribution in [0.4, 0.5) is 5.69 Å². The topological polar surface area (TPSA) is 54.0 Å². The SMILES string of the molecule is Cc1nc(-c2cccc(NC(=O)[C@H]3CCCNC3)c2)cs1. The second-order valence-corrected chi connectivity index (χ2v) is 6.43. The Labute approximate surface area is 128 Å². The molecular formula is C16H19N3OS. The fourth-order valence-electron chi connectivity index (χ4n) is 2.57. The van der Waals surface area contributed by atoms with E-state index in [1.54, 1.807) is 11.3 Å². The minimum Gasteiger partial charge on any atom is -0.326 e. The number of piperidine rings is 1. The summed E-state index contributed by atoms with van der Waals surface area (Å²) in [5.74, 6) is 0.178. The summed E-state index contributed by atoms with van der Waals surface area (Å²) >= 11 is 1.63. The van der Waals surface area contributed by atoms with E-state index in [0.29, 0.717) is 0 Å². The van der Waals surface area contributed by atoms with E-state index in [4.69, 9.17) is 0 Å². The average Bonchev–Trinajstić information content (AvgIpc) is 2.95. The maximum atomic E-state index is 12.3. The van der Waals surface area contributed by atoms with Crippen LogP contribution in [0.3, 0.4) is 0 Å². The van der Waals surface area contributed by atoms with E-state index in [9.17, 15) is 4.79 Å².